The fourth-order valence-electron chi connectivity index (χ4n) is 12.2. The Labute approximate surface area is 265 Å². The van der Waals surface area contributed by atoms with Crippen molar-refractivity contribution in [2.75, 3.05) is 0 Å². The lowest BCUT2D eigenvalue weighted by molar-refractivity contribution is -0.462. The summed E-state index contributed by atoms with van der Waals surface area (Å²) in [7, 11) is 0. The molecule has 44 heavy (non-hydrogen) atoms. The number of fused-ring (bicyclic) bond motifs is 7. The fraction of sp³-hybridized carbons (Fsp3) is 0.692. The first-order valence-corrected chi connectivity index (χ1v) is 17.4. The second-order valence-electron chi connectivity index (χ2n) is 17.7. The average molecular weight is 597 g/mol. The third-order valence-electron chi connectivity index (χ3n) is 15.1. The van der Waals surface area contributed by atoms with Crippen LogP contribution in [0.15, 0.2) is 58.5 Å². The Balaban J connectivity index is 1.20. The van der Waals surface area contributed by atoms with Gasteiger partial charge in [-0.05, 0) is 109 Å². The molecule has 1 aromatic carbocycles. The fourth-order valence-corrected chi connectivity index (χ4v) is 12.2. The molecule has 4 saturated carbocycles. The maximum atomic E-state index is 13.0. The summed E-state index contributed by atoms with van der Waals surface area (Å²) in [4.78, 5) is 13.0. The smallest absolute Gasteiger partial charge is 0.310 e. The van der Waals surface area contributed by atoms with Gasteiger partial charge < -0.3 is 5.11 Å². The molecule has 0 radical (unpaired) electrons. The summed E-state index contributed by atoms with van der Waals surface area (Å²) in [6.45, 7) is 17.6. The molecule has 4 unspecified atom stereocenters. The molecular weight excluding hydrogens is 542 g/mol. The Hall–Kier alpha value is -2.56. The molecule has 5 aliphatic carbocycles. The second kappa shape index (κ2) is 9.72. The zero-order valence-electron chi connectivity index (χ0n) is 28.2. The largest absolute Gasteiger partial charge is 0.481 e. The number of nitrogens with zero attached hydrogens (tertiary/aromatic N) is 3. The van der Waals surface area contributed by atoms with Gasteiger partial charge in [0, 0.05) is 11.5 Å². The Morgan fingerprint density at radius 3 is 2.36 bits per heavy atom. The minimum Gasteiger partial charge on any atom is -0.481 e. The Morgan fingerprint density at radius 1 is 0.909 bits per heavy atom. The topological polar surface area (TPSA) is 65.0 Å². The van der Waals surface area contributed by atoms with Gasteiger partial charge in [-0.15, -0.1) is 4.68 Å². The lowest BCUT2D eigenvalue weighted by Gasteiger charge is -2.71. The number of aliphatic carboxylic acids is 1. The third kappa shape index (κ3) is 4.09. The number of carbonyl (C=O) groups is 1. The lowest BCUT2D eigenvalue weighted by atomic mass is 9.33. The van der Waals surface area contributed by atoms with E-state index in [9.17, 15) is 9.90 Å². The molecule has 5 heteroatoms. The monoisotopic (exact) mass is 596 g/mol. The molecule has 0 spiro atoms. The van der Waals surface area contributed by atoms with Gasteiger partial charge in [-0.25, -0.2) is 0 Å². The van der Waals surface area contributed by atoms with Gasteiger partial charge in [-0.3, -0.25) is 4.79 Å². The first kappa shape index (κ1) is 30.1. The van der Waals surface area contributed by atoms with Gasteiger partial charge in [0.25, 0.3) is 5.70 Å². The first-order chi connectivity index (χ1) is 20.7. The van der Waals surface area contributed by atoms with E-state index in [0.717, 1.165) is 49.8 Å². The van der Waals surface area contributed by atoms with Crippen LogP contribution in [0.3, 0.4) is 0 Å². The molecule has 236 valence electrons. The molecule has 1 N–H and O–H groups in total. The number of carboxylic acids is 1. The van der Waals surface area contributed by atoms with E-state index in [1.165, 1.54) is 31.3 Å². The maximum Gasteiger partial charge on any atom is 0.310 e. The van der Waals surface area contributed by atoms with Gasteiger partial charge in [0.05, 0.1) is 10.5 Å². The second-order valence-corrected chi connectivity index (χ2v) is 17.7. The molecule has 8 atom stereocenters. The van der Waals surface area contributed by atoms with Gasteiger partial charge in [-0.2, -0.15) is 0 Å². The van der Waals surface area contributed by atoms with Gasteiger partial charge in [0.1, 0.15) is 11.4 Å². The molecule has 7 rings (SSSR count). The van der Waals surface area contributed by atoms with Crippen molar-refractivity contribution in [2.45, 2.75) is 113 Å². The van der Waals surface area contributed by atoms with E-state index < -0.39 is 11.4 Å². The van der Waals surface area contributed by atoms with E-state index in [-0.39, 0.29) is 33.0 Å². The highest BCUT2D eigenvalue weighted by molar-refractivity contribution is 5.76. The van der Waals surface area contributed by atoms with Crippen molar-refractivity contribution in [3.63, 3.8) is 0 Å². The molecule has 0 amide bonds. The van der Waals surface area contributed by atoms with Crippen LogP contribution in [0.1, 0.15) is 118 Å². The van der Waals surface area contributed by atoms with Crippen LogP contribution in [0.2, 0.25) is 0 Å². The minimum absolute atomic E-state index is 0.0720. The van der Waals surface area contributed by atoms with Crippen LogP contribution in [-0.4, -0.2) is 22.0 Å². The molecule has 1 heterocycles. The summed E-state index contributed by atoms with van der Waals surface area (Å²) in [5.74, 6) is 1.33. The van der Waals surface area contributed by atoms with E-state index in [0.29, 0.717) is 17.8 Å². The average Bonchev–Trinajstić information content (AvgIpc) is 3.44. The molecule has 6 aliphatic rings. The van der Waals surface area contributed by atoms with Crippen molar-refractivity contribution >= 4 is 17.9 Å². The molecule has 4 fully saturated rings. The van der Waals surface area contributed by atoms with Gasteiger partial charge >= 0.3 is 5.97 Å². The zero-order valence-corrected chi connectivity index (χ0v) is 28.2. The Kier molecular flexibility index (Phi) is 6.65. The number of carboxylic acid groups (broad SMARTS) is 1. The molecule has 1 aliphatic heterocycles. The summed E-state index contributed by atoms with van der Waals surface area (Å²) < 4.78 is 1.98. The Bertz CT molecular complexity index is 1490. The summed E-state index contributed by atoms with van der Waals surface area (Å²) in [5, 5.41) is 19.7. The van der Waals surface area contributed by atoms with Crippen molar-refractivity contribution in [1.82, 2.24) is 0 Å². The molecule has 0 bridgehead atoms. The number of allylic oxidation sites excluding steroid dienone is 2. The molecule has 5 nitrogen and oxygen atoms in total. The molecule has 1 aromatic rings. The standard InChI is InChI=1S/C39H53N3O2/c1-34(2)19-21-39(33(43)44)22-20-37(6)28(29(39)23-34)13-14-32-36(5)17-15-27(35(3,4)31(36)16-18-38(32,37)7)24-42-25-30(40-41-42)26-11-9-8-10-12-26/h8-13,24-25,27,29,31-32H,14-23H2,1-7H3/p+1/b42-24-/t27?,29?,31?,32?,36-,37+,38+,39-/m0/s1. The van der Waals surface area contributed by atoms with Gasteiger partial charge in [0.2, 0.25) is 0 Å². The van der Waals surface area contributed by atoms with Crippen LogP contribution in [0.4, 0.5) is 0 Å². The highest BCUT2D eigenvalue weighted by Crippen LogP contribution is 2.76. The van der Waals surface area contributed by atoms with Crippen LogP contribution in [-0.2, 0) is 4.79 Å². The van der Waals surface area contributed by atoms with Crippen molar-refractivity contribution in [1.29, 1.82) is 0 Å². The van der Waals surface area contributed by atoms with Crippen molar-refractivity contribution in [2.24, 2.45) is 66.5 Å². The number of rotatable bonds is 3. The predicted octanol–water partition coefficient (Wildman–Crippen LogP) is 9.95. The number of hydrogen-bond acceptors (Lipinski definition) is 3. The molecule has 0 saturated heterocycles. The van der Waals surface area contributed by atoms with Crippen LogP contribution in [0, 0.1) is 56.2 Å². The number of hydrogen-bond donors (Lipinski definition) is 1. The quantitative estimate of drug-likeness (QED) is 0.279. The highest BCUT2D eigenvalue weighted by atomic mass is 16.4. The van der Waals surface area contributed by atoms with E-state index >= 15 is 0 Å². The lowest BCUT2D eigenvalue weighted by Crippen LogP contribution is -2.64. The van der Waals surface area contributed by atoms with Crippen LogP contribution >= 0.6 is 0 Å². The minimum atomic E-state index is -0.567. The van der Waals surface area contributed by atoms with E-state index in [1.54, 1.807) is 0 Å². The maximum absolute atomic E-state index is 13.0. The summed E-state index contributed by atoms with van der Waals surface area (Å²) in [6, 6.07) is 10.3. The Morgan fingerprint density at radius 2 is 1.64 bits per heavy atom. The van der Waals surface area contributed by atoms with Crippen molar-refractivity contribution in [3.05, 3.63) is 53.7 Å². The summed E-state index contributed by atoms with van der Waals surface area (Å²) >= 11 is 0. The van der Waals surface area contributed by atoms with Gasteiger partial charge in [0.15, 0.2) is 6.20 Å². The van der Waals surface area contributed by atoms with Crippen LogP contribution < -0.4 is 0 Å². The first-order valence-electron chi connectivity index (χ1n) is 17.4. The molecule has 0 aromatic heterocycles. The van der Waals surface area contributed by atoms with E-state index in [2.05, 4.69) is 102 Å². The zero-order chi connectivity index (χ0) is 31.3. The van der Waals surface area contributed by atoms with Crippen LogP contribution in [0.5, 0.6) is 0 Å². The highest BCUT2D eigenvalue weighted by Gasteiger charge is 2.69. The van der Waals surface area contributed by atoms with Crippen molar-refractivity contribution < 1.29 is 14.6 Å². The van der Waals surface area contributed by atoms with E-state index in [1.807, 2.05) is 10.8 Å². The summed E-state index contributed by atoms with van der Waals surface area (Å²) in [6.07, 6.45) is 17.8. The van der Waals surface area contributed by atoms with Gasteiger partial charge in [-0.1, -0.05) is 90.4 Å². The van der Waals surface area contributed by atoms with Crippen LogP contribution in [0.25, 0.3) is 5.70 Å². The summed E-state index contributed by atoms with van der Waals surface area (Å²) in [5.41, 5.74) is 3.87. The predicted molar refractivity (Wildman–Crippen MR) is 176 cm³/mol. The normalized spacial score (nSPS) is 44.5. The number of benzene rings is 1. The SMILES string of the molecule is CC1(C)CC[C@]2(C(=O)O)CC[C@]3(C)C(=CCC4[C@@]5(C)CCC(/C=[N+]6/C=C(c7ccccc7)N=N6)C(C)(C)C5CC[C@]43C)C2C1. The van der Waals surface area contributed by atoms with E-state index in [4.69, 9.17) is 0 Å². The molecular formula is C39H54N3O2+. The third-order valence-corrected chi connectivity index (χ3v) is 15.1. The van der Waals surface area contributed by atoms with Crippen molar-refractivity contribution in [3.8, 4) is 0 Å².